The maximum absolute atomic E-state index is 12.7. The summed E-state index contributed by atoms with van der Waals surface area (Å²) in [5.41, 5.74) is 5.54. The molecule has 2 aliphatic carbocycles. The van der Waals surface area contributed by atoms with Crippen LogP contribution < -0.4 is 11.1 Å². The van der Waals surface area contributed by atoms with Gasteiger partial charge in [0.1, 0.15) is 0 Å². The van der Waals surface area contributed by atoms with Gasteiger partial charge in [-0.3, -0.25) is 4.79 Å². The van der Waals surface area contributed by atoms with Crippen molar-refractivity contribution in [3.63, 3.8) is 0 Å². The lowest BCUT2D eigenvalue weighted by atomic mass is 9.76. The monoisotopic (exact) mass is 316 g/mol. The van der Waals surface area contributed by atoms with Gasteiger partial charge in [-0.05, 0) is 43.9 Å². The molecule has 1 saturated heterocycles. The molecule has 1 amide bonds. The van der Waals surface area contributed by atoms with E-state index in [1.54, 1.807) is 0 Å². The van der Waals surface area contributed by atoms with Crippen LogP contribution in [0.5, 0.6) is 0 Å². The molecule has 122 valence electrons. The Morgan fingerprint density at radius 1 is 1.14 bits per heavy atom. The molecular weight excluding hydrogens is 288 g/mol. The van der Waals surface area contributed by atoms with Crippen LogP contribution in [0.3, 0.4) is 0 Å². The van der Waals surface area contributed by atoms with E-state index in [2.05, 4.69) is 5.32 Å². The van der Waals surface area contributed by atoms with Crippen molar-refractivity contribution < 1.29 is 9.53 Å². The quantitative estimate of drug-likeness (QED) is 0.839. The zero-order valence-electron chi connectivity index (χ0n) is 12.8. The molecule has 3 aliphatic rings. The summed E-state index contributed by atoms with van der Waals surface area (Å²) in [7, 11) is 0. The van der Waals surface area contributed by atoms with E-state index >= 15 is 0 Å². The van der Waals surface area contributed by atoms with Crippen molar-refractivity contribution in [1.29, 1.82) is 0 Å². The maximum atomic E-state index is 12.7. The Labute approximate surface area is 134 Å². The molecule has 3 unspecified atom stereocenters. The van der Waals surface area contributed by atoms with Gasteiger partial charge in [0.05, 0.1) is 5.41 Å². The lowest BCUT2D eigenvalue weighted by molar-refractivity contribution is -0.137. The molecule has 3 rings (SSSR count). The second kappa shape index (κ2) is 7.30. The topological polar surface area (TPSA) is 64.4 Å². The van der Waals surface area contributed by atoms with Crippen molar-refractivity contribution in [2.75, 3.05) is 19.8 Å². The van der Waals surface area contributed by atoms with Gasteiger partial charge in [-0.15, -0.1) is 12.4 Å². The molecule has 1 heterocycles. The van der Waals surface area contributed by atoms with Gasteiger partial charge in [-0.2, -0.15) is 0 Å². The molecule has 2 saturated carbocycles. The third-order valence-corrected chi connectivity index (χ3v) is 5.95. The number of amides is 1. The van der Waals surface area contributed by atoms with Gasteiger partial charge < -0.3 is 15.8 Å². The van der Waals surface area contributed by atoms with E-state index < -0.39 is 0 Å². The Balaban J connectivity index is 0.00000161. The molecule has 0 aromatic heterocycles. The Kier molecular flexibility index (Phi) is 5.92. The number of carbonyl (C=O) groups excluding carboxylic acids is 1. The van der Waals surface area contributed by atoms with E-state index in [1.807, 2.05) is 0 Å². The first-order valence-corrected chi connectivity index (χ1v) is 8.32. The Bertz CT molecular complexity index is 358. The summed E-state index contributed by atoms with van der Waals surface area (Å²) in [6, 6.07) is 0.383. The van der Waals surface area contributed by atoms with Gasteiger partial charge in [0, 0.05) is 25.8 Å². The number of fused-ring (bicyclic) bond motifs is 1. The Morgan fingerprint density at radius 3 is 2.57 bits per heavy atom. The van der Waals surface area contributed by atoms with Crippen LogP contribution >= 0.6 is 12.4 Å². The van der Waals surface area contributed by atoms with Crippen LogP contribution in [0.25, 0.3) is 0 Å². The minimum Gasteiger partial charge on any atom is -0.381 e. The predicted molar refractivity (Wildman–Crippen MR) is 85.4 cm³/mol. The first-order valence-electron chi connectivity index (χ1n) is 8.32. The van der Waals surface area contributed by atoms with Gasteiger partial charge in [0.2, 0.25) is 5.91 Å². The fourth-order valence-electron chi connectivity index (χ4n) is 4.46. The summed E-state index contributed by atoms with van der Waals surface area (Å²) in [5.74, 6) is 1.98. The van der Waals surface area contributed by atoms with Crippen LogP contribution in [0.4, 0.5) is 0 Å². The molecule has 21 heavy (non-hydrogen) atoms. The highest BCUT2D eigenvalue weighted by molar-refractivity contribution is 5.85. The molecule has 0 bridgehead atoms. The van der Waals surface area contributed by atoms with E-state index in [1.165, 1.54) is 32.1 Å². The molecular formula is C16H29ClN2O2. The summed E-state index contributed by atoms with van der Waals surface area (Å²) >= 11 is 0. The highest BCUT2D eigenvalue weighted by atomic mass is 35.5. The van der Waals surface area contributed by atoms with Crippen LogP contribution in [-0.4, -0.2) is 31.7 Å². The van der Waals surface area contributed by atoms with Crippen LogP contribution in [0, 0.1) is 17.3 Å². The normalized spacial score (nSPS) is 34.6. The lowest BCUT2D eigenvalue weighted by Gasteiger charge is -2.38. The second-order valence-electron chi connectivity index (χ2n) is 7.03. The van der Waals surface area contributed by atoms with Crippen molar-refractivity contribution in [2.24, 2.45) is 23.0 Å². The first kappa shape index (κ1) is 17.0. The van der Waals surface area contributed by atoms with Crippen molar-refractivity contribution >= 4 is 18.3 Å². The number of nitrogens with two attached hydrogens (primary N) is 1. The standard InChI is InChI=1S/C16H28N2O2.ClH/c17-11-16(6-8-20-9-7-16)15(19)18-14-5-4-12-2-1-3-13(12)10-14;/h12-14H,1-11,17H2,(H,18,19);1H. The third-order valence-electron chi connectivity index (χ3n) is 5.95. The van der Waals surface area contributed by atoms with Gasteiger partial charge in [-0.25, -0.2) is 0 Å². The van der Waals surface area contributed by atoms with Crippen molar-refractivity contribution in [2.45, 2.75) is 57.4 Å². The maximum Gasteiger partial charge on any atom is 0.227 e. The first-order chi connectivity index (χ1) is 9.73. The van der Waals surface area contributed by atoms with E-state index in [4.69, 9.17) is 10.5 Å². The minimum atomic E-state index is -0.370. The van der Waals surface area contributed by atoms with Crippen molar-refractivity contribution in [3.05, 3.63) is 0 Å². The lowest BCUT2D eigenvalue weighted by Crippen LogP contribution is -2.52. The smallest absolute Gasteiger partial charge is 0.227 e. The molecule has 0 aromatic carbocycles. The van der Waals surface area contributed by atoms with Gasteiger partial charge in [0.15, 0.2) is 0 Å². The molecule has 0 aromatic rings. The number of rotatable bonds is 3. The number of carbonyl (C=O) groups is 1. The van der Waals surface area contributed by atoms with Crippen LogP contribution in [0.15, 0.2) is 0 Å². The zero-order valence-corrected chi connectivity index (χ0v) is 13.6. The number of hydrogen-bond acceptors (Lipinski definition) is 3. The Morgan fingerprint density at radius 2 is 1.86 bits per heavy atom. The van der Waals surface area contributed by atoms with Crippen LogP contribution in [-0.2, 0) is 9.53 Å². The summed E-state index contributed by atoms with van der Waals surface area (Å²) in [6.45, 7) is 1.78. The second-order valence-corrected chi connectivity index (χ2v) is 7.03. The summed E-state index contributed by atoms with van der Waals surface area (Å²) in [6.07, 6.45) is 9.36. The third kappa shape index (κ3) is 3.54. The molecule has 5 heteroatoms. The summed E-state index contributed by atoms with van der Waals surface area (Å²) in [4.78, 5) is 12.7. The molecule has 3 fully saturated rings. The molecule has 0 radical (unpaired) electrons. The zero-order chi connectivity index (χ0) is 14.0. The number of hydrogen-bond donors (Lipinski definition) is 2. The highest BCUT2D eigenvalue weighted by Crippen LogP contribution is 2.42. The van der Waals surface area contributed by atoms with Crippen LogP contribution in [0.1, 0.15) is 51.4 Å². The molecule has 3 N–H and O–H groups in total. The average molecular weight is 317 g/mol. The van der Waals surface area contributed by atoms with E-state index in [-0.39, 0.29) is 23.7 Å². The molecule has 1 aliphatic heterocycles. The van der Waals surface area contributed by atoms with E-state index in [9.17, 15) is 4.79 Å². The number of halogens is 1. The van der Waals surface area contributed by atoms with Crippen molar-refractivity contribution in [1.82, 2.24) is 5.32 Å². The molecule has 4 nitrogen and oxygen atoms in total. The largest absolute Gasteiger partial charge is 0.381 e. The average Bonchev–Trinajstić information content (AvgIpc) is 2.95. The number of nitrogens with one attached hydrogen (secondary N) is 1. The van der Waals surface area contributed by atoms with Gasteiger partial charge in [0.25, 0.3) is 0 Å². The SMILES string of the molecule is Cl.NCC1(C(=O)NC2CCC3CCCC3C2)CCOCC1. The van der Waals surface area contributed by atoms with E-state index in [0.29, 0.717) is 25.8 Å². The Hall–Kier alpha value is -0.320. The number of ether oxygens (including phenoxy) is 1. The van der Waals surface area contributed by atoms with Gasteiger partial charge in [-0.1, -0.05) is 19.3 Å². The predicted octanol–water partition coefficient (Wildman–Crippen LogP) is 2.25. The van der Waals surface area contributed by atoms with Crippen molar-refractivity contribution in [3.8, 4) is 0 Å². The molecule has 0 spiro atoms. The van der Waals surface area contributed by atoms with Crippen LogP contribution in [0.2, 0.25) is 0 Å². The highest BCUT2D eigenvalue weighted by Gasteiger charge is 2.41. The fourth-order valence-corrected chi connectivity index (χ4v) is 4.46. The minimum absolute atomic E-state index is 0. The summed E-state index contributed by atoms with van der Waals surface area (Å²) < 4.78 is 5.39. The fraction of sp³-hybridized carbons (Fsp3) is 0.938. The molecule has 3 atom stereocenters. The van der Waals surface area contributed by atoms with E-state index in [0.717, 1.165) is 31.1 Å². The summed E-state index contributed by atoms with van der Waals surface area (Å²) in [5, 5.41) is 3.32. The van der Waals surface area contributed by atoms with Gasteiger partial charge >= 0.3 is 0 Å².